The Kier molecular flexibility index (Phi) is 5.00. The molecule has 0 aromatic heterocycles. The van der Waals surface area contributed by atoms with E-state index in [0.29, 0.717) is 44.6 Å². The number of alkyl halides is 3. The third-order valence-corrected chi connectivity index (χ3v) is 9.01. The van der Waals surface area contributed by atoms with E-state index in [1.807, 2.05) is 0 Å². The Labute approximate surface area is 190 Å². The number of rotatable bonds is 2. The zero-order valence-electron chi connectivity index (χ0n) is 18.0. The van der Waals surface area contributed by atoms with Gasteiger partial charge >= 0.3 is 12.2 Å². The van der Waals surface area contributed by atoms with E-state index in [0.717, 1.165) is 31.4 Å². The van der Waals surface area contributed by atoms with Crippen LogP contribution in [0.4, 0.5) is 18.0 Å². The summed E-state index contributed by atoms with van der Waals surface area (Å²) < 4.78 is 65.7. The molecule has 0 atom stereocenters. The summed E-state index contributed by atoms with van der Waals surface area (Å²) in [6.45, 7) is 2.05. The van der Waals surface area contributed by atoms with Crippen LogP contribution in [-0.4, -0.2) is 61.7 Å². The lowest BCUT2D eigenvalue weighted by atomic mass is 9.56. The number of nitrogens with zero attached hydrogens (tertiary/aromatic N) is 3. The van der Waals surface area contributed by atoms with Crippen LogP contribution in [0.5, 0.6) is 0 Å². The molecule has 4 aliphatic rings. The standard InChI is InChI=1S/C22H25F3N4O3S/c23-22(24,25)18-6-15(4-16(7-18)10-26)5-17-8-20(9-17)11-28(12-20)19(30)29-13-21(14-29)2-1-3-33(31,32)27-21/h4,6-7,17,27H,1-3,5,8-9,11-14H2. The zero-order chi connectivity index (χ0) is 23.6. The third kappa shape index (κ3) is 4.19. The highest BCUT2D eigenvalue weighted by molar-refractivity contribution is 7.89. The molecule has 11 heteroatoms. The van der Waals surface area contributed by atoms with Gasteiger partial charge in [-0.15, -0.1) is 0 Å². The molecular formula is C22H25F3N4O3S. The molecule has 0 bridgehead atoms. The smallest absolute Gasteiger partial charge is 0.323 e. The monoisotopic (exact) mass is 482 g/mol. The summed E-state index contributed by atoms with van der Waals surface area (Å²) in [6.07, 6.45) is -0.956. The highest BCUT2D eigenvalue weighted by Crippen LogP contribution is 2.53. The summed E-state index contributed by atoms with van der Waals surface area (Å²) in [7, 11) is -3.25. The number of amides is 2. The van der Waals surface area contributed by atoms with E-state index in [-0.39, 0.29) is 28.7 Å². The zero-order valence-corrected chi connectivity index (χ0v) is 18.8. The summed E-state index contributed by atoms with van der Waals surface area (Å²) in [5.74, 6) is 0.373. The van der Waals surface area contributed by atoms with E-state index in [9.17, 15) is 26.4 Å². The van der Waals surface area contributed by atoms with Crippen molar-refractivity contribution in [2.24, 2.45) is 11.3 Å². The number of nitrogens with one attached hydrogen (secondary N) is 1. The van der Waals surface area contributed by atoms with Crippen molar-refractivity contribution in [3.05, 3.63) is 34.9 Å². The van der Waals surface area contributed by atoms with Gasteiger partial charge in [-0.3, -0.25) is 0 Å². The van der Waals surface area contributed by atoms with E-state index < -0.39 is 27.3 Å². The van der Waals surface area contributed by atoms with Crippen molar-refractivity contribution >= 4 is 16.1 Å². The number of sulfonamides is 1. The molecule has 3 saturated heterocycles. The summed E-state index contributed by atoms with van der Waals surface area (Å²) in [6, 6.07) is 5.26. The first-order chi connectivity index (χ1) is 15.4. The molecule has 33 heavy (non-hydrogen) atoms. The Bertz CT molecular complexity index is 1120. The van der Waals surface area contributed by atoms with Crippen molar-refractivity contribution in [3.8, 4) is 6.07 Å². The first kappa shape index (κ1) is 22.5. The molecule has 178 valence electrons. The molecule has 0 unspecified atom stereocenters. The van der Waals surface area contributed by atoms with Crippen molar-refractivity contribution in [1.82, 2.24) is 14.5 Å². The number of hydrogen-bond donors (Lipinski definition) is 1. The quantitative estimate of drug-likeness (QED) is 0.702. The summed E-state index contributed by atoms with van der Waals surface area (Å²) in [5, 5.41) is 9.05. The van der Waals surface area contributed by atoms with E-state index in [1.165, 1.54) is 6.07 Å². The SMILES string of the molecule is N#Cc1cc(CC2CC3(C2)CN(C(=O)N2CC4(CCCS(=O)(=O)N4)C2)C3)cc(C(F)(F)F)c1. The summed E-state index contributed by atoms with van der Waals surface area (Å²) in [4.78, 5) is 16.2. The van der Waals surface area contributed by atoms with Gasteiger partial charge in [0.05, 0.1) is 28.5 Å². The lowest BCUT2D eigenvalue weighted by Gasteiger charge is -2.61. The lowest BCUT2D eigenvalue weighted by Crippen LogP contribution is -2.76. The van der Waals surface area contributed by atoms with Crippen LogP contribution >= 0.6 is 0 Å². The van der Waals surface area contributed by atoms with Gasteiger partial charge in [-0.25, -0.2) is 17.9 Å². The van der Waals surface area contributed by atoms with Crippen molar-refractivity contribution in [2.75, 3.05) is 31.9 Å². The van der Waals surface area contributed by atoms with Gasteiger partial charge in [0.2, 0.25) is 10.0 Å². The van der Waals surface area contributed by atoms with Crippen LogP contribution in [0.3, 0.4) is 0 Å². The van der Waals surface area contributed by atoms with Gasteiger partial charge in [-0.2, -0.15) is 18.4 Å². The van der Waals surface area contributed by atoms with Crippen molar-refractivity contribution in [3.63, 3.8) is 0 Å². The first-order valence-electron chi connectivity index (χ1n) is 11.1. The molecule has 4 fully saturated rings. The Morgan fingerprint density at radius 1 is 1.15 bits per heavy atom. The molecule has 3 aliphatic heterocycles. The molecule has 1 aliphatic carbocycles. The van der Waals surface area contributed by atoms with Crippen molar-refractivity contribution < 1.29 is 26.4 Å². The van der Waals surface area contributed by atoms with Gasteiger partial charge in [-0.05, 0) is 61.8 Å². The molecule has 5 rings (SSSR count). The molecule has 1 aromatic carbocycles. The number of nitriles is 1. The van der Waals surface area contributed by atoms with Gasteiger partial charge in [0, 0.05) is 31.6 Å². The number of carbonyl (C=O) groups excluding carboxylic acids is 1. The molecular weight excluding hydrogens is 457 g/mol. The molecule has 1 saturated carbocycles. The number of carbonyl (C=O) groups is 1. The number of urea groups is 1. The average molecular weight is 483 g/mol. The molecule has 3 heterocycles. The van der Waals surface area contributed by atoms with Crippen LogP contribution in [-0.2, 0) is 22.6 Å². The molecule has 1 N–H and O–H groups in total. The Balaban J connectivity index is 1.11. The number of benzene rings is 1. The first-order valence-corrected chi connectivity index (χ1v) is 12.7. The van der Waals surface area contributed by atoms with Crippen LogP contribution in [0, 0.1) is 22.7 Å². The number of halogens is 3. The maximum Gasteiger partial charge on any atom is 0.416 e. The predicted molar refractivity (Wildman–Crippen MR) is 112 cm³/mol. The fourth-order valence-corrected chi connectivity index (χ4v) is 7.63. The van der Waals surface area contributed by atoms with Crippen LogP contribution in [0.25, 0.3) is 0 Å². The largest absolute Gasteiger partial charge is 0.416 e. The Hall–Kier alpha value is -2.32. The Morgan fingerprint density at radius 2 is 1.82 bits per heavy atom. The fraction of sp³-hybridized carbons (Fsp3) is 0.636. The van der Waals surface area contributed by atoms with Crippen LogP contribution in [0.1, 0.15) is 42.4 Å². The van der Waals surface area contributed by atoms with E-state index >= 15 is 0 Å². The van der Waals surface area contributed by atoms with Gasteiger partial charge in [0.15, 0.2) is 0 Å². The number of hydrogen-bond acceptors (Lipinski definition) is 4. The van der Waals surface area contributed by atoms with Crippen LogP contribution in [0.15, 0.2) is 18.2 Å². The normalized spacial score (nSPS) is 25.2. The number of likely N-dealkylation sites (tertiary alicyclic amines) is 2. The second-order valence-corrected chi connectivity index (χ2v) is 12.1. The predicted octanol–water partition coefficient (Wildman–Crippen LogP) is 2.72. The third-order valence-electron chi connectivity index (χ3n) is 7.44. The van der Waals surface area contributed by atoms with Crippen molar-refractivity contribution in [1.29, 1.82) is 5.26 Å². The van der Waals surface area contributed by atoms with E-state index in [4.69, 9.17) is 5.26 Å². The summed E-state index contributed by atoms with van der Waals surface area (Å²) in [5.41, 5.74) is -0.728. The van der Waals surface area contributed by atoms with Crippen LogP contribution in [0.2, 0.25) is 0 Å². The van der Waals surface area contributed by atoms with Gasteiger partial charge in [0.25, 0.3) is 0 Å². The highest BCUT2D eigenvalue weighted by Gasteiger charge is 2.56. The Morgan fingerprint density at radius 3 is 2.42 bits per heavy atom. The second kappa shape index (κ2) is 7.34. The fourth-order valence-electron chi connectivity index (χ4n) is 6.11. The van der Waals surface area contributed by atoms with Gasteiger partial charge < -0.3 is 9.80 Å². The molecule has 1 aromatic rings. The molecule has 7 nitrogen and oxygen atoms in total. The maximum atomic E-state index is 13.1. The van der Waals surface area contributed by atoms with E-state index in [2.05, 4.69) is 4.72 Å². The molecule has 2 amide bonds. The topological polar surface area (TPSA) is 93.5 Å². The lowest BCUT2D eigenvalue weighted by molar-refractivity contribution is -0.137. The minimum absolute atomic E-state index is 0.0156. The molecule has 2 spiro atoms. The van der Waals surface area contributed by atoms with Gasteiger partial charge in [0.1, 0.15) is 0 Å². The van der Waals surface area contributed by atoms with Gasteiger partial charge in [-0.1, -0.05) is 0 Å². The average Bonchev–Trinajstić information content (AvgIpc) is 2.64. The molecule has 0 radical (unpaired) electrons. The highest BCUT2D eigenvalue weighted by atomic mass is 32.2. The minimum Gasteiger partial charge on any atom is -0.323 e. The van der Waals surface area contributed by atoms with Crippen LogP contribution < -0.4 is 4.72 Å². The second-order valence-electron chi connectivity index (χ2n) is 10.3. The maximum absolute atomic E-state index is 13.1. The minimum atomic E-state index is -4.48. The van der Waals surface area contributed by atoms with E-state index in [1.54, 1.807) is 15.9 Å². The van der Waals surface area contributed by atoms with Crippen molar-refractivity contribution in [2.45, 2.75) is 43.8 Å². The summed E-state index contributed by atoms with van der Waals surface area (Å²) >= 11 is 0.